The number of halogens is 1. The molecule has 1 fully saturated rings. The summed E-state index contributed by atoms with van der Waals surface area (Å²) in [5, 5.41) is 8.85. The first kappa shape index (κ1) is 13.6. The van der Waals surface area contributed by atoms with Gasteiger partial charge in [0.15, 0.2) is 0 Å². The summed E-state index contributed by atoms with van der Waals surface area (Å²) in [6, 6.07) is 2.44. The van der Waals surface area contributed by atoms with Crippen LogP contribution < -0.4 is 10.6 Å². The number of nitrogens with zero attached hydrogens (tertiary/aromatic N) is 1. The van der Waals surface area contributed by atoms with Gasteiger partial charge < -0.3 is 15.7 Å². The molecule has 4 nitrogen and oxygen atoms in total. The number of carboxylic acids is 1. The molecule has 2 rings (SSSR count). The van der Waals surface area contributed by atoms with Crippen molar-refractivity contribution < 1.29 is 14.3 Å². The Morgan fingerprint density at radius 2 is 2.21 bits per heavy atom. The number of hydrogen-bond acceptors (Lipinski definition) is 3. The van der Waals surface area contributed by atoms with E-state index in [1.54, 1.807) is 0 Å². The van der Waals surface area contributed by atoms with Crippen molar-refractivity contribution in [3.8, 4) is 0 Å². The molecule has 0 saturated carbocycles. The molecule has 1 heterocycles. The first-order valence-electron chi connectivity index (χ1n) is 6.47. The standard InChI is InChI=1S/C14H19FN2O2/c1-8(2)9-3-4-17(7-9)13-6-11(15)10(14(18)19)5-12(13)16/h5-6,8-9H,3-4,7,16H2,1-2H3,(H,18,19). The summed E-state index contributed by atoms with van der Waals surface area (Å²) < 4.78 is 13.7. The summed E-state index contributed by atoms with van der Waals surface area (Å²) in [6.45, 7) is 6.02. The maximum Gasteiger partial charge on any atom is 0.338 e. The normalized spacial score (nSPS) is 19.2. The number of carbonyl (C=O) groups is 1. The lowest BCUT2D eigenvalue weighted by molar-refractivity contribution is 0.0692. The Balaban J connectivity index is 2.27. The average molecular weight is 266 g/mol. The van der Waals surface area contributed by atoms with Crippen LogP contribution in [0.3, 0.4) is 0 Å². The maximum atomic E-state index is 13.7. The molecule has 3 N–H and O–H groups in total. The van der Waals surface area contributed by atoms with E-state index >= 15 is 0 Å². The molecule has 0 bridgehead atoms. The second-order valence-electron chi connectivity index (χ2n) is 5.43. The van der Waals surface area contributed by atoms with Crippen LogP contribution >= 0.6 is 0 Å². The summed E-state index contributed by atoms with van der Waals surface area (Å²) in [5.41, 5.74) is 6.41. The molecular weight excluding hydrogens is 247 g/mol. The Kier molecular flexibility index (Phi) is 3.64. The second-order valence-corrected chi connectivity index (χ2v) is 5.43. The SMILES string of the molecule is CC(C)C1CCN(c2cc(F)c(C(=O)O)cc2N)C1. The number of rotatable bonds is 3. The Labute approximate surface area is 112 Å². The van der Waals surface area contributed by atoms with Crippen molar-refractivity contribution in [1.29, 1.82) is 0 Å². The van der Waals surface area contributed by atoms with Gasteiger partial charge in [-0.3, -0.25) is 0 Å². The van der Waals surface area contributed by atoms with Gasteiger partial charge in [-0.2, -0.15) is 0 Å². The summed E-state index contributed by atoms with van der Waals surface area (Å²) in [6.07, 6.45) is 1.05. The van der Waals surface area contributed by atoms with Gasteiger partial charge in [-0.15, -0.1) is 0 Å². The Bertz CT molecular complexity index is 502. The molecule has 1 atom stereocenters. The van der Waals surface area contributed by atoms with Crippen LogP contribution in [0.1, 0.15) is 30.6 Å². The molecule has 0 aromatic heterocycles. The van der Waals surface area contributed by atoms with Crippen LogP contribution in [0.25, 0.3) is 0 Å². The first-order chi connectivity index (χ1) is 8.90. The van der Waals surface area contributed by atoms with Crippen LogP contribution in [-0.2, 0) is 0 Å². The van der Waals surface area contributed by atoms with Gasteiger partial charge in [0.25, 0.3) is 0 Å². The highest BCUT2D eigenvalue weighted by molar-refractivity contribution is 5.91. The fourth-order valence-electron chi connectivity index (χ4n) is 2.57. The zero-order valence-corrected chi connectivity index (χ0v) is 11.2. The average Bonchev–Trinajstić information content (AvgIpc) is 2.80. The summed E-state index contributed by atoms with van der Waals surface area (Å²) >= 11 is 0. The third-order valence-electron chi connectivity index (χ3n) is 3.85. The summed E-state index contributed by atoms with van der Waals surface area (Å²) in [5.74, 6) is -0.877. The first-order valence-corrected chi connectivity index (χ1v) is 6.47. The van der Waals surface area contributed by atoms with Gasteiger partial charge in [-0.05, 0) is 24.3 Å². The fourth-order valence-corrected chi connectivity index (χ4v) is 2.57. The van der Waals surface area contributed by atoms with E-state index in [0.29, 0.717) is 23.2 Å². The van der Waals surface area contributed by atoms with Crippen molar-refractivity contribution in [2.75, 3.05) is 23.7 Å². The summed E-state index contributed by atoms with van der Waals surface area (Å²) in [7, 11) is 0. The highest BCUT2D eigenvalue weighted by atomic mass is 19.1. The van der Waals surface area contributed by atoms with E-state index in [9.17, 15) is 9.18 Å². The predicted octanol–water partition coefficient (Wildman–Crippen LogP) is 2.59. The second kappa shape index (κ2) is 5.07. The number of nitrogen functional groups attached to an aromatic ring is 1. The minimum Gasteiger partial charge on any atom is -0.478 e. The maximum absolute atomic E-state index is 13.7. The Hall–Kier alpha value is -1.78. The van der Waals surface area contributed by atoms with E-state index in [4.69, 9.17) is 10.8 Å². The van der Waals surface area contributed by atoms with Gasteiger partial charge in [-0.25, -0.2) is 9.18 Å². The van der Waals surface area contributed by atoms with Crippen LogP contribution in [0.4, 0.5) is 15.8 Å². The van der Waals surface area contributed by atoms with Crippen molar-refractivity contribution in [3.05, 3.63) is 23.5 Å². The number of aromatic carboxylic acids is 1. The number of benzene rings is 1. The molecule has 0 amide bonds. The molecule has 104 valence electrons. The molecule has 1 unspecified atom stereocenters. The van der Waals surface area contributed by atoms with E-state index < -0.39 is 11.8 Å². The smallest absolute Gasteiger partial charge is 0.338 e. The molecule has 5 heteroatoms. The molecular formula is C14H19FN2O2. The van der Waals surface area contributed by atoms with Crippen LogP contribution in [0.15, 0.2) is 12.1 Å². The fraction of sp³-hybridized carbons (Fsp3) is 0.500. The quantitative estimate of drug-likeness (QED) is 0.825. The van der Waals surface area contributed by atoms with E-state index in [2.05, 4.69) is 13.8 Å². The van der Waals surface area contributed by atoms with Gasteiger partial charge in [-0.1, -0.05) is 13.8 Å². The number of nitrogens with two attached hydrogens (primary N) is 1. The Morgan fingerprint density at radius 3 is 2.74 bits per heavy atom. The van der Waals surface area contributed by atoms with Crippen LogP contribution in [0.2, 0.25) is 0 Å². The van der Waals surface area contributed by atoms with Crippen molar-refractivity contribution in [2.24, 2.45) is 11.8 Å². The van der Waals surface area contributed by atoms with Crippen molar-refractivity contribution in [1.82, 2.24) is 0 Å². The molecule has 0 radical (unpaired) electrons. The third-order valence-corrected chi connectivity index (χ3v) is 3.85. The lowest BCUT2D eigenvalue weighted by atomic mass is 9.95. The number of hydrogen-bond donors (Lipinski definition) is 2. The minimum atomic E-state index is -1.29. The highest BCUT2D eigenvalue weighted by Gasteiger charge is 2.27. The van der Waals surface area contributed by atoms with Crippen LogP contribution in [0, 0.1) is 17.7 Å². The molecule has 1 aromatic carbocycles. The highest BCUT2D eigenvalue weighted by Crippen LogP contribution is 2.33. The lowest BCUT2D eigenvalue weighted by Crippen LogP contribution is -2.22. The summed E-state index contributed by atoms with van der Waals surface area (Å²) in [4.78, 5) is 12.9. The van der Waals surface area contributed by atoms with E-state index in [1.165, 1.54) is 12.1 Å². The number of anilines is 2. The van der Waals surface area contributed by atoms with E-state index in [1.807, 2.05) is 4.90 Å². The molecule has 1 aliphatic heterocycles. The van der Waals surface area contributed by atoms with Gasteiger partial charge in [0, 0.05) is 19.2 Å². The van der Waals surface area contributed by atoms with Crippen molar-refractivity contribution >= 4 is 17.3 Å². The van der Waals surface area contributed by atoms with Crippen LogP contribution in [-0.4, -0.2) is 24.2 Å². The molecule has 1 aliphatic rings. The monoisotopic (exact) mass is 266 g/mol. The van der Waals surface area contributed by atoms with Crippen molar-refractivity contribution in [3.63, 3.8) is 0 Å². The van der Waals surface area contributed by atoms with Gasteiger partial charge in [0.2, 0.25) is 0 Å². The van der Waals surface area contributed by atoms with Gasteiger partial charge in [0.1, 0.15) is 5.82 Å². The van der Waals surface area contributed by atoms with E-state index in [0.717, 1.165) is 19.5 Å². The minimum absolute atomic E-state index is 0.322. The molecule has 0 spiro atoms. The molecule has 19 heavy (non-hydrogen) atoms. The topological polar surface area (TPSA) is 66.6 Å². The lowest BCUT2D eigenvalue weighted by Gasteiger charge is -2.22. The largest absolute Gasteiger partial charge is 0.478 e. The van der Waals surface area contributed by atoms with Crippen LogP contribution in [0.5, 0.6) is 0 Å². The van der Waals surface area contributed by atoms with Crippen molar-refractivity contribution in [2.45, 2.75) is 20.3 Å². The molecule has 0 aliphatic carbocycles. The third kappa shape index (κ3) is 2.64. The Morgan fingerprint density at radius 1 is 1.53 bits per heavy atom. The predicted molar refractivity (Wildman–Crippen MR) is 72.9 cm³/mol. The molecule has 1 aromatic rings. The van der Waals surface area contributed by atoms with E-state index in [-0.39, 0.29) is 5.56 Å². The zero-order chi connectivity index (χ0) is 14.2. The molecule has 1 saturated heterocycles. The zero-order valence-electron chi connectivity index (χ0n) is 11.2. The van der Waals surface area contributed by atoms with Gasteiger partial charge >= 0.3 is 5.97 Å². The number of carboxylic acid groups (broad SMARTS) is 1. The van der Waals surface area contributed by atoms with Gasteiger partial charge in [0.05, 0.1) is 16.9 Å².